The van der Waals surface area contributed by atoms with Gasteiger partial charge in [-0.1, -0.05) is 6.07 Å². The number of aliphatic imine (C=N–C) groups is 1. The van der Waals surface area contributed by atoms with Gasteiger partial charge >= 0.3 is 0 Å². The summed E-state index contributed by atoms with van der Waals surface area (Å²) < 4.78 is 18.9. The van der Waals surface area contributed by atoms with E-state index in [1.165, 1.54) is 5.56 Å². The van der Waals surface area contributed by atoms with Gasteiger partial charge in [-0.05, 0) is 37.5 Å². The first kappa shape index (κ1) is 19.2. The zero-order chi connectivity index (χ0) is 20.6. The molecule has 160 valence electrons. The molecule has 2 aliphatic heterocycles. The van der Waals surface area contributed by atoms with Gasteiger partial charge in [0.2, 0.25) is 6.79 Å². The predicted molar refractivity (Wildman–Crippen MR) is 113 cm³/mol. The highest BCUT2D eigenvalue weighted by molar-refractivity contribution is 5.80. The lowest BCUT2D eigenvalue weighted by molar-refractivity contribution is -0.00805. The number of hydrogen-bond acceptors (Lipinski definition) is 5. The van der Waals surface area contributed by atoms with Crippen LogP contribution in [0.25, 0.3) is 0 Å². The van der Waals surface area contributed by atoms with E-state index in [0.717, 1.165) is 62.0 Å². The highest BCUT2D eigenvalue weighted by atomic mass is 16.7. The number of morpholine rings is 1. The molecule has 1 aromatic heterocycles. The molecule has 8 nitrogen and oxygen atoms in total. The maximum atomic E-state index is 6.00. The molecule has 0 bridgehead atoms. The summed E-state index contributed by atoms with van der Waals surface area (Å²) in [6.07, 6.45) is 6.22. The molecule has 2 aromatic rings. The summed E-state index contributed by atoms with van der Waals surface area (Å²) in [5.74, 6) is 2.64. The minimum absolute atomic E-state index is 0.0139. The molecule has 1 N–H and O–H groups in total. The van der Waals surface area contributed by atoms with Crippen LogP contribution in [-0.2, 0) is 17.2 Å². The molecule has 0 spiro atoms. The summed E-state index contributed by atoms with van der Waals surface area (Å²) in [5.41, 5.74) is 2.51. The van der Waals surface area contributed by atoms with Gasteiger partial charge in [-0.3, -0.25) is 9.67 Å². The Morgan fingerprint density at radius 1 is 1.30 bits per heavy atom. The molecule has 3 heterocycles. The average Bonchev–Trinajstić information content (AvgIpc) is 3.18. The van der Waals surface area contributed by atoms with Gasteiger partial charge in [0.15, 0.2) is 17.5 Å². The molecule has 5 rings (SSSR count). The molecule has 1 aliphatic carbocycles. The summed E-state index contributed by atoms with van der Waals surface area (Å²) in [5, 5.41) is 7.76. The standard InChI is InChI=1S/C22H29N5O3/c1-3-23-21(27-8-9-28-20(13-27)16-11-25-26(2)12-16)24-14-22(6-7-22)17-4-5-18-19(10-17)30-15-29-18/h4-5,10-12,20H,3,6-9,13-15H2,1-2H3,(H,23,24). The Bertz CT molecular complexity index is 937. The van der Waals surface area contributed by atoms with E-state index in [4.69, 9.17) is 19.2 Å². The van der Waals surface area contributed by atoms with Gasteiger partial charge in [-0.2, -0.15) is 5.10 Å². The lowest BCUT2D eigenvalue weighted by atomic mass is 9.96. The molecule has 8 heteroatoms. The maximum absolute atomic E-state index is 6.00. The van der Waals surface area contributed by atoms with Crippen molar-refractivity contribution in [2.24, 2.45) is 12.0 Å². The number of aromatic nitrogens is 2. The SMILES string of the molecule is CCNC(=NCC1(c2ccc3c(c2)OCO3)CC1)N1CCOC(c2cnn(C)c2)C1. The molecular formula is C22H29N5O3. The van der Waals surface area contributed by atoms with Gasteiger partial charge in [-0.25, -0.2) is 0 Å². The first-order chi connectivity index (χ1) is 14.7. The second-order valence-corrected chi connectivity index (χ2v) is 8.27. The van der Waals surface area contributed by atoms with E-state index in [1.807, 2.05) is 30.2 Å². The quantitative estimate of drug-likeness (QED) is 0.601. The maximum Gasteiger partial charge on any atom is 0.231 e. The third kappa shape index (κ3) is 3.71. The Labute approximate surface area is 176 Å². The highest BCUT2D eigenvalue weighted by Crippen LogP contribution is 2.50. The fourth-order valence-corrected chi connectivity index (χ4v) is 4.22. The van der Waals surface area contributed by atoms with Crippen molar-refractivity contribution in [1.82, 2.24) is 20.0 Å². The van der Waals surface area contributed by atoms with Gasteiger partial charge in [-0.15, -0.1) is 0 Å². The number of hydrogen-bond donors (Lipinski definition) is 1. The summed E-state index contributed by atoms with van der Waals surface area (Å²) >= 11 is 0. The van der Waals surface area contributed by atoms with Crippen LogP contribution in [0.15, 0.2) is 35.6 Å². The number of aryl methyl sites for hydroxylation is 1. The lowest BCUT2D eigenvalue weighted by Crippen LogP contribution is -2.48. The molecule has 3 aliphatic rings. The Hall–Kier alpha value is -2.74. The number of nitrogens with zero attached hydrogens (tertiary/aromatic N) is 4. The second-order valence-electron chi connectivity index (χ2n) is 8.27. The Morgan fingerprint density at radius 2 is 2.17 bits per heavy atom. The van der Waals surface area contributed by atoms with Crippen molar-refractivity contribution in [2.45, 2.75) is 31.3 Å². The molecule has 1 unspecified atom stereocenters. The predicted octanol–water partition coefficient (Wildman–Crippen LogP) is 2.22. The van der Waals surface area contributed by atoms with Crippen molar-refractivity contribution in [3.05, 3.63) is 41.7 Å². The number of rotatable bonds is 5. The van der Waals surface area contributed by atoms with E-state index in [9.17, 15) is 0 Å². The van der Waals surface area contributed by atoms with Crippen LogP contribution in [0.5, 0.6) is 11.5 Å². The first-order valence-electron chi connectivity index (χ1n) is 10.7. The zero-order valence-electron chi connectivity index (χ0n) is 17.6. The summed E-state index contributed by atoms with van der Waals surface area (Å²) in [7, 11) is 1.93. The van der Waals surface area contributed by atoms with Crippen molar-refractivity contribution >= 4 is 5.96 Å². The fourth-order valence-electron chi connectivity index (χ4n) is 4.22. The Kier molecular flexibility index (Phi) is 5.02. The molecular weight excluding hydrogens is 382 g/mol. The zero-order valence-corrected chi connectivity index (χ0v) is 17.6. The van der Waals surface area contributed by atoms with E-state index in [0.29, 0.717) is 13.4 Å². The average molecular weight is 412 g/mol. The van der Waals surface area contributed by atoms with Crippen molar-refractivity contribution in [3.8, 4) is 11.5 Å². The second kappa shape index (κ2) is 7.83. The molecule has 1 aromatic carbocycles. The molecule has 1 saturated carbocycles. The summed E-state index contributed by atoms with van der Waals surface area (Å²) in [6, 6.07) is 6.31. The van der Waals surface area contributed by atoms with Crippen LogP contribution in [0.2, 0.25) is 0 Å². The van der Waals surface area contributed by atoms with Crippen molar-refractivity contribution < 1.29 is 14.2 Å². The largest absolute Gasteiger partial charge is 0.454 e. The Balaban J connectivity index is 1.31. The van der Waals surface area contributed by atoms with E-state index >= 15 is 0 Å². The molecule has 2 fully saturated rings. The summed E-state index contributed by atoms with van der Waals surface area (Å²) in [4.78, 5) is 7.36. The number of benzene rings is 1. The van der Waals surface area contributed by atoms with Crippen LogP contribution < -0.4 is 14.8 Å². The Morgan fingerprint density at radius 3 is 2.93 bits per heavy atom. The van der Waals surface area contributed by atoms with Crippen LogP contribution in [0.1, 0.15) is 37.0 Å². The van der Waals surface area contributed by atoms with Gasteiger partial charge in [0.1, 0.15) is 6.10 Å². The third-order valence-corrected chi connectivity index (χ3v) is 6.17. The highest BCUT2D eigenvalue weighted by Gasteiger charge is 2.45. The number of fused-ring (bicyclic) bond motifs is 1. The molecule has 30 heavy (non-hydrogen) atoms. The minimum Gasteiger partial charge on any atom is -0.454 e. The third-order valence-electron chi connectivity index (χ3n) is 6.17. The smallest absolute Gasteiger partial charge is 0.231 e. The molecule has 0 radical (unpaired) electrons. The monoisotopic (exact) mass is 411 g/mol. The van der Waals surface area contributed by atoms with Crippen molar-refractivity contribution in [2.75, 3.05) is 39.6 Å². The van der Waals surface area contributed by atoms with Crippen molar-refractivity contribution in [3.63, 3.8) is 0 Å². The summed E-state index contributed by atoms with van der Waals surface area (Å²) in [6.45, 7) is 6.31. The van der Waals surface area contributed by atoms with Gasteiger partial charge in [0.05, 0.1) is 25.9 Å². The van der Waals surface area contributed by atoms with Gasteiger partial charge < -0.3 is 24.4 Å². The normalized spacial score (nSPS) is 22.3. The van der Waals surface area contributed by atoms with E-state index < -0.39 is 0 Å². The molecule has 0 amide bonds. The van der Waals surface area contributed by atoms with E-state index in [2.05, 4.69) is 34.4 Å². The van der Waals surface area contributed by atoms with Crippen molar-refractivity contribution in [1.29, 1.82) is 0 Å². The number of guanidine groups is 1. The topological polar surface area (TPSA) is 73.1 Å². The van der Waals surface area contributed by atoms with E-state index in [-0.39, 0.29) is 11.5 Å². The molecule has 1 saturated heterocycles. The fraction of sp³-hybridized carbons (Fsp3) is 0.545. The number of nitrogens with one attached hydrogen (secondary N) is 1. The van der Waals surface area contributed by atoms with Crippen LogP contribution in [0.3, 0.4) is 0 Å². The molecule has 1 atom stereocenters. The first-order valence-corrected chi connectivity index (χ1v) is 10.7. The van der Waals surface area contributed by atoms with Gasteiger partial charge in [0, 0.05) is 37.3 Å². The van der Waals surface area contributed by atoms with Crippen LogP contribution >= 0.6 is 0 Å². The van der Waals surface area contributed by atoms with Crippen LogP contribution in [0, 0.1) is 0 Å². The number of ether oxygens (including phenoxy) is 3. The van der Waals surface area contributed by atoms with Gasteiger partial charge in [0.25, 0.3) is 0 Å². The van der Waals surface area contributed by atoms with Crippen LogP contribution in [0.4, 0.5) is 0 Å². The minimum atomic E-state index is 0.0139. The van der Waals surface area contributed by atoms with E-state index in [1.54, 1.807) is 0 Å². The lowest BCUT2D eigenvalue weighted by Gasteiger charge is -2.35. The van der Waals surface area contributed by atoms with Crippen LogP contribution in [-0.4, -0.2) is 60.2 Å².